The zero-order chi connectivity index (χ0) is 32.9. The lowest BCUT2D eigenvalue weighted by Gasteiger charge is -2.43. The molecule has 0 atom stereocenters. The quantitative estimate of drug-likeness (QED) is 0.204. The highest BCUT2D eigenvalue weighted by Gasteiger charge is 2.44. The van der Waals surface area contributed by atoms with Crippen LogP contribution in [0.4, 0.5) is 5.95 Å². The molecule has 0 radical (unpaired) electrons. The Morgan fingerprint density at radius 3 is 1.64 bits per heavy atom. The number of nitrogens with zero attached hydrogens (tertiary/aromatic N) is 5. The van der Waals surface area contributed by atoms with E-state index in [0.29, 0.717) is 35.0 Å². The van der Waals surface area contributed by atoms with E-state index in [2.05, 4.69) is 62.0 Å². The highest BCUT2D eigenvalue weighted by Crippen LogP contribution is 2.41. The average molecular weight is 785 g/mol. The fraction of sp³-hybridized carbons (Fsp3) is 0.353. The van der Waals surface area contributed by atoms with Gasteiger partial charge in [0.2, 0.25) is 11.2 Å². The molecule has 8 rings (SSSR count). The number of halogens is 3. The Balaban J connectivity index is 0.000000141. The summed E-state index contributed by atoms with van der Waals surface area (Å²) in [5.74, 6) is 2.56. The maximum absolute atomic E-state index is 12.5. The standard InChI is InChI=1S/C17H16BrN3O2.C13H14BrNO2.C4H3ClN2/c18-12-2-3-15-13(10-12)14(22)11-17(23-15)4-8-21(9-5-17)16-19-6-1-7-20-16;14-9-1-2-12-10(7-9)11(16)8-13(17-12)3-5-15-6-4-13;5-4-6-2-1-3-7-4/h1-3,6-7,10H,4-5,8-9,11H2;1-2,7,15H,3-6,8H2;1-3H. The first-order valence-electron chi connectivity index (χ1n) is 15.4. The maximum atomic E-state index is 12.5. The summed E-state index contributed by atoms with van der Waals surface area (Å²) < 4.78 is 14.2. The molecule has 13 heteroatoms. The molecule has 2 spiro atoms. The number of hydrogen-bond acceptors (Lipinski definition) is 10. The van der Waals surface area contributed by atoms with Gasteiger partial charge in [0.1, 0.15) is 22.7 Å². The minimum atomic E-state index is -0.386. The minimum absolute atomic E-state index is 0.164. The lowest BCUT2D eigenvalue weighted by atomic mass is 9.82. The molecule has 0 aliphatic carbocycles. The normalized spacial score (nSPS) is 18.7. The molecule has 244 valence electrons. The largest absolute Gasteiger partial charge is 0.486 e. The fourth-order valence-electron chi connectivity index (χ4n) is 6.22. The van der Waals surface area contributed by atoms with Crippen molar-refractivity contribution in [2.75, 3.05) is 31.1 Å². The van der Waals surface area contributed by atoms with Gasteiger partial charge in [-0.15, -0.1) is 0 Å². The number of ketones is 2. The van der Waals surface area contributed by atoms with E-state index >= 15 is 0 Å². The van der Waals surface area contributed by atoms with Crippen LogP contribution >= 0.6 is 43.5 Å². The third-order valence-corrected chi connectivity index (χ3v) is 9.84. The number of ether oxygens (including phenoxy) is 2. The van der Waals surface area contributed by atoms with Gasteiger partial charge < -0.3 is 19.7 Å². The summed E-state index contributed by atoms with van der Waals surface area (Å²) in [4.78, 5) is 42.7. The molecule has 0 saturated carbocycles. The number of nitrogens with one attached hydrogen (secondary N) is 1. The van der Waals surface area contributed by atoms with Crippen LogP contribution in [0, 0.1) is 0 Å². The fourth-order valence-corrected chi connectivity index (χ4v) is 7.06. The van der Waals surface area contributed by atoms with Crippen molar-refractivity contribution in [2.24, 2.45) is 0 Å². The molecule has 10 nitrogen and oxygen atoms in total. The third-order valence-electron chi connectivity index (χ3n) is 8.66. The molecule has 2 aromatic carbocycles. The topological polar surface area (TPSA) is 119 Å². The van der Waals surface area contributed by atoms with Gasteiger partial charge in [0, 0.05) is 72.5 Å². The first-order chi connectivity index (χ1) is 22.7. The molecule has 0 amide bonds. The van der Waals surface area contributed by atoms with Crippen molar-refractivity contribution >= 4 is 61.0 Å². The Hall–Kier alpha value is -3.45. The van der Waals surface area contributed by atoms with E-state index in [9.17, 15) is 9.59 Å². The van der Waals surface area contributed by atoms with Crippen molar-refractivity contribution in [3.05, 3.63) is 98.7 Å². The average Bonchev–Trinajstić information content (AvgIpc) is 3.08. The SMILES string of the molecule is Clc1ncccn1.O=C1CC2(CCN(c3ncccn3)CC2)Oc2ccc(Br)cc21.O=C1CC2(CCNCC2)Oc2ccc(Br)cc21. The Bertz CT molecular complexity index is 1720. The predicted molar refractivity (Wildman–Crippen MR) is 186 cm³/mol. The van der Waals surface area contributed by atoms with Crippen LogP contribution in [-0.2, 0) is 0 Å². The summed E-state index contributed by atoms with van der Waals surface area (Å²) in [6.07, 6.45) is 11.1. The van der Waals surface area contributed by atoms with Crippen LogP contribution in [0.15, 0.2) is 82.3 Å². The van der Waals surface area contributed by atoms with Gasteiger partial charge in [-0.2, -0.15) is 0 Å². The number of hydrogen-bond donors (Lipinski definition) is 1. The first kappa shape index (κ1) is 33.5. The van der Waals surface area contributed by atoms with Crippen LogP contribution in [-0.4, -0.2) is 68.9 Å². The van der Waals surface area contributed by atoms with Crippen LogP contribution in [0.1, 0.15) is 59.2 Å². The van der Waals surface area contributed by atoms with E-state index in [0.717, 1.165) is 72.5 Å². The van der Waals surface area contributed by atoms with E-state index in [1.807, 2.05) is 42.5 Å². The lowest BCUT2D eigenvalue weighted by molar-refractivity contribution is 0.0186. The van der Waals surface area contributed by atoms with E-state index in [1.165, 1.54) is 0 Å². The Morgan fingerprint density at radius 2 is 1.17 bits per heavy atom. The highest BCUT2D eigenvalue weighted by atomic mass is 79.9. The summed E-state index contributed by atoms with van der Waals surface area (Å²) >= 11 is 12.1. The minimum Gasteiger partial charge on any atom is -0.486 e. The molecule has 2 aromatic heterocycles. The van der Waals surface area contributed by atoms with Crippen LogP contribution in [0.25, 0.3) is 0 Å². The molecule has 2 saturated heterocycles. The number of carbonyl (C=O) groups excluding carboxylic acids is 2. The van der Waals surface area contributed by atoms with Gasteiger partial charge in [-0.1, -0.05) is 31.9 Å². The van der Waals surface area contributed by atoms with Gasteiger partial charge in [-0.05, 0) is 73.2 Å². The molecular formula is C34H33Br2ClN6O4. The summed E-state index contributed by atoms with van der Waals surface area (Å²) in [7, 11) is 0. The molecule has 6 heterocycles. The van der Waals surface area contributed by atoms with E-state index in [1.54, 1.807) is 30.9 Å². The summed E-state index contributed by atoms with van der Waals surface area (Å²) in [5, 5.41) is 3.60. The number of fused-ring (bicyclic) bond motifs is 2. The van der Waals surface area contributed by atoms with Crippen LogP contribution in [0.3, 0.4) is 0 Å². The van der Waals surface area contributed by atoms with Crippen molar-refractivity contribution < 1.29 is 19.1 Å². The molecule has 4 aromatic rings. The molecule has 47 heavy (non-hydrogen) atoms. The van der Waals surface area contributed by atoms with Crippen molar-refractivity contribution in [1.29, 1.82) is 0 Å². The van der Waals surface area contributed by atoms with E-state index < -0.39 is 0 Å². The van der Waals surface area contributed by atoms with Gasteiger partial charge >= 0.3 is 0 Å². The summed E-state index contributed by atoms with van der Waals surface area (Å²) in [6.45, 7) is 3.45. The summed E-state index contributed by atoms with van der Waals surface area (Å²) in [6, 6.07) is 14.8. The number of piperidine rings is 2. The number of rotatable bonds is 1. The molecule has 4 aliphatic heterocycles. The zero-order valence-corrected chi connectivity index (χ0v) is 29.4. The molecule has 0 bridgehead atoms. The molecular weight excluding hydrogens is 752 g/mol. The summed E-state index contributed by atoms with van der Waals surface area (Å²) in [5.41, 5.74) is 0.745. The van der Waals surface area contributed by atoms with Crippen LogP contribution < -0.4 is 19.7 Å². The molecule has 1 N–H and O–H groups in total. The van der Waals surface area contributed by atoms with Crippen molar-refractivity contribution in [1.82, 2.24) is 25.3 Å². The highest BCUT2D eigenvalue weighted by molar-refractivity contribution is 9.10. The second kappa shape index (κ2) is 14.8. The second-order valence-corrected chi connectivity index (χ2v) is 14.0. The predicted octanol–water partition coefficient (Wildman–Crippen LogP) is 6.91. The van der Waals surface area contributed by atoms with Crippen molar-refractivity contribution in [3.63, 3.8) is 0 Å². The van der Waals surface area contributed by atoms with Crippen molar-refractivity contribution in [3.8, 4) is 11.5 Å². The number of benzene rings is 2. The number of Topliss-reactive ketones (excluding diaryl/α,β-unsaturated/α-hetero) is 2. The first-order valence-corrected chi connectivity index (χ1v) is 17.4. The van der Waals surface area contributed by atoms with Crippen molar-refractivity contribution in [2.45, 2.75) is 49.7 Å². The van der Waals surface area contributed by atoms with Crippen LogP contribution in [0.5, 0.6) is 11.5 Å². The second-order valence-electron chi connectivity index (χ2n) is 11.9. The monoisotopic (exact) mass is 782 g/mol. The number of aromatic nitrogens is 4. The zero-order valence-electron chi connectivity index (χ0n) is 25.5. The van der Waals surface area contributed by atoms with Gasteiger partial charge in [0.25, 0.3) is 0 Å². The van der Waals surface area contributed by atoms with E-state index in [-0.39, 0.29) is 22.8 Å². The van der Waals surface area contributed by atoms with E-state index in [4.69, 9.17) is 21.1 Å². The molecule has 2 fully saturated rings. The lowest BCUT2D eigenvalue weighted by Crippen LogP contribution is -2.51. The van der Waals surface area contributed by atoms with Crippen LogP contribution in [0.2, 0.25) is 5.28 Å². The maximum Gasteiger partial charge on any atom is 0.225 e. The van der Waals surface area contributed by atoms with Gasteiger partial charge in [0.05, 0.1) is 24.0 Å². The molecule has 0 unspecified atom stereocenters. The van der Waals surface area contributed by atoms with Gasteiger partial charge in [-0.3, -0.25) is 9.59 Å². The third kappa shape index (κ3) is 8.17. The molecule has 4 aliphatic rings. The van der Waals surface area contributed by atoms with Gasteiger partial charge in [-0.25, -0.2) is 19.9 Å². The number of carbonyl (C=O) groups is 2. The smallest absolute Gasteiger partial charge is 0.225 e. The van der Waals surface area contributed by atoms with Gasteiger partial charge in [0.15, 0.2) is 11.6 Å². The Kier molecular flexibility index (Phi) is 10.5. The Labute approximate surface area is 294 Å². The number of anilines is 1. The Morgan fingerprint density at radius 1 is 0.702 bits per heavy atom.